The van der Waals surface area contributed by atoms with Crippen molar-refractivity contribution < 1.29 is 18.7 Å². The molecule has 0 spiro atoms. The Labute approximate surface area is 260 Å². The number of morpholine rings is 1. The summed E-state index contributed by atoms with van der Waals surface area (Å²) in [6.45, 7) is 12.0. The van der Waals surface area contributed by atoms with Crippen LogP contribution in [-0.4, -0.2) is 43.7 Å². The number of benzene rings is 3. The average Bonchev–Trinajstić information content (AvgIpc) is 2.99. The summed E-state index contributed by atoms with van der Waals surface area (Å²) < 4.78 is 29.4. The Kier molecular flexibility index (Phi) is 9.39. The molecule has 5 rings (SSSR count). The summed E-state index contributed by atoms with van der Waals surface area (Å²) in [5.74, 6) is -0.657. The molecule has 0 bridgehead atoms. The quantitative estimate of drug-likeness (QED) is 0.224. The van der Waals surface area contributed by atoms with Gasteiger partial charge in [-0.1, -0.05) is 99.1 Å². The highest BCUT2D eigenvalue weighted by atomic mass is 35.5. The Morgan fingerprint density at radius 2 is 1.53 bits per heavy atom. The molecule has 3 unspecified atom stereocenters. The van der Waals surface area contributed by atoms with Crippen molar-refractivity contribution in [3.05, 3.63) is 119 Å². The molecule has 4 aromatic rings. The molecule has 3 atom stereocenters. The van der Waals surface area contributed by atoms with Crippen molar-refractivity contribution >= 4 is 36.0 Å². The van der Waals surface area contributed by atoms with Crippen molar-refractivity contribution in [3.8, 4) is 0 Å². The molecule has 8 heteroatoms. The van der Waals surface area contributed by atoms with E-state index < -0.39 is 20.2 Å². The molecule has 5 nitrogen and oxygen atoms in total. The summed E-state index contributed by atoms with van der Waals surface area (Å²) in [4.78, 5) is 6.36. The van der Waals surface area contributed by atoms with Gasteiger partial charge in [0.2, 0.25) is 0 Å². The number of halogens is 2. The van der Waals surface area contributed by atoms with Crippen molar-refractivity contribution in [2.45, 2.75) is 64.6 Å². The number of pyridine rings is 1. The first-order valence-corrected chi connectivity index (χ1v) is 17.1. The van der Waals surface area contributed by atoms with Gasteiger partial charge >= 0.3 is 0 Å². The molecule has 1 saturated heterocycles. The standard InChI is InChI=1S/C35H40ClFN2O3Si/c1-24-21-39(22-25(2)42-24)33-26(20-29(32(37)31(33)36)34(40)30-18-12-13-19-38-30)23-41-43(35(3,4)5,27-14-8-6-9-15-27)28-16-10-7-11-17-28/h6-20,24-25,34,40H,21-23H2,1-5H3. The topological polar surface area (TPSA) is 54.8 Å². The van der Waals surface area contributed by atoms with E-state index in [0.717, 1.165) is 10.4 Å². The number of ether oxygens (including phenoxy) is 1. The third kappa shape index (κ3) is 6.28. The summed E-state index contributed by atoms with van der Waals surface area (Å²) in [6.07, 6.45) is 0.164. The van der Waals surface area contributed by atoms with E-state index >= 15 is 4.39 Å². The lowest BCUT2D eigenvalue weighted by Gasteiger charge is -2.43. The Balaban J connectivity index is 1.67. The number of hydrogen-bond donors (Lipinski definition) is 1. The van der Waals surface area contributed by atoms with E-state index in [1.807, 2.05) is 50.2 Å². The van der Waals surface area contributed by atoms with Crippen LogP contribution in [-0.2, 0) is 15.8 Å². The van der Waals surface area contributed by atoms with E-state index in [1.165, 1.54) is 0 Å². The lowest BCUT2D eigenvalue weighted by molar-refractivity contribution is -0.00532. The summed E-state index contributed by atoms with van der Waals surface area (Å²) >= 11 is 6.90. The number of aliphatic hydroxyl groups is 1. The van der Waals surface area contributed by atoms with E-state index in [9.17, 15) is 5.11 Å². The van der Waals surface area contributed by atoms with Crippen LogP contribution < -0.4 is 15.3 Å². The highest BCUT2D eigenvalue weighted by molar-refractivity contribution is 6.99. The van der Waals surface area contributed by atoms with E-state index in [2.05, 4.69) is 54.9 Å². The molecule has 1 N–H and O–H groups in total. The molecule has 43 heavy (non-hydrogen) atoms. The van der Waals surface area contributed by atoms with E-state index in [1.54, 1.807) is 30.5 Å². The van der Waals surface area contributed by atoms with E-state index in [0.29, 0.717) is 30.0 Å². The molecule has 3 aromatic carbocycles. The first-order valence-electron chi connectivity index (χ1n) is 14.8. The molecule has 0 saturated carbocycles. The minimum absolute atomic E-state index is 0.0326. The van der Waals surface area contributed by atoms with Gasteiger partial charge in [0.05, 0.1) is 30.2 Å². The van der Waals surface area contributed by atoms with Crippen molar-refractivity contribution in [2.24, 2.45) is 0 Å². The maximum absolute atomic E-state index is 16.1. The van der Waals surface area contributed by atoms with Gasteiger partial charge in [-0.2, -0.15) is 0 Å². The van der Waals surface area contributed by atoms with Crippen LogP contribution in [0.3, 0.4) is 0 Å². The van der Waals surface area contributed by atoms with Gasteiger partial charge in [-0.3, -0.25) is 4.98 Å². The number of rotatable bonds is 8. The van der Waals surface area contributed by atoms with Crippen LogP contribution in [0.25, 0.3) is 0 Å². The minimum Gasteiger partial charge on any atom is -0.403 e. The Bertz CT molecular complexity index is 1470. The summed E-state index contributed by atoms with van der Waals surface area (Å²) in [5.41, 5.74) is 1.71. The smallest absolute Gasteiger partial charge is 0.261 e. The highest BCUT2D eigenvalue weighted by Crippen LogP contribution is 2.42. The monoisotopic (exact) mass is 618 g/mol. The molecule has 0 radical (unpaired) electrons. The highest BCUT2D eigenvalue weighted by Gasteiger charge is 2.50. The molecule has 1 aliphatic heterocycles. The van der Waals surface area contributed by atoms with Crippen LogP contribution in [0.1, 0.15) is 57.5 Å². The van der Waals surface area contributed by atoms with Crippen LogP contribution >= 0.6 is 11.6 Å². The molecule has 1 aliphatic rings. The summed E-state index contributed by atoms with van der Waals surface area (Å²) in [6, 6.07) is 27.7. The zero-order valence-electron chi connectivity index (χ0n) is 25.4. The molecule has 0 amide bonds. The second-order valence-electron chi connectivity index (χ2n) is 12.4. The van der Waals surface area contributed by atoms with Crippen molar-refractivity contribution in [1.29, 1.82) is 0 Å². The molecule has 226 valence electrons. The predicted molar refractivity (Wildman–Crippen MR) is 174 cm³/mol. The van der Waals surface area contributed by atoms with Crippen molar-refractivity contribution in [1.82, 2.24) is 4.98 Å². The van der Waals surface area contributed by atoms with Crippen LogP contribution in [0.4, 0.5) is 10.1 Å². The molecule has 1 aromatic heterocycles. The maximum Gasteiger partial charge on any atom is 0.261 e. The third-order valence-electron chi connectivity index (χ3n) is 8.15. The molecule has 0 aliphatic carbocycles. The van der Waals surface area contributed by atoms with Gasteiger partial charge in [0.1, 0.15) is 16.9 Å². The van der Waals surface area contributed by atoms with Crippen LogP contribution in [0, 0.1) is 5.82 Å². The zero-order chi connectivity index (χ0) is 30.8. The Hall–Kier alpha value is -3.07. The number of aliphatic hydroxyl groups excluding tert-OH is 1. The van der Waals surface area contributed by atoms with Gasteiger partial charge in [0, 0.05) is 30.4 Å². The predicted octanol–water partition coefficient (Wildman–Crippen LogP) is 6.65. The number of nitrogens with zero attached hydrogens (tertiary/aromatic N) is 2. The van der Waals surface area contributed by atoms with Gasteiger partial charge in [-0.25, -0.2) is 4.39 Å². The van der Waals surface area contributed by atoms with Crippen LogP contribution in [0.2, 0.25) is 10.1 Å². The normalized spacial score (nSPS) is 18.5. The number of aromatic nitrogens is 1. The minimum atomic E-state index is -2.93. The first-order chi connectivity index (χ1) is 20.5. The molecular weight excluding hydrogens is 579 g/mol. The second kappa shape index (κ2) is 12.9. The molecule has 2 heterocycles. The number of anilines is 1. The largest absolute Gasteiger partial charge is 0.403 e. The van der Waals surface area contributed by atoms with E-state index in [-0.39, 0.29) is 34.4 Å². The van der Waals surface area contributed by atoms with Crippen LogP contribution in [0.5, 0.6) is 0 Å². The van der Waals surface area contributed by atoms with Gasteiger partial charge in [-0.15, -0.1) is 0 Å². The lowest BCUT2D eigenvalue weighted by Crippen LogP contribution is -2.66. The van der Waals surface area contributed by atoms with E-state index in [4.69, 9.17) is 20.8 Å². The van der Waals surface area contributed by atoms with Crippen molar-refractivity contribution in [2.75, 3.05) is 18.0 Å². The van der Waals surface area contributed by atoms with Gasteiger partial charge in [-0.05, 0) is 47.5 Å². The zero-order valence-corrected chi connectivity index (χ0v) is 27.2. The molecular formula is C35H40ClFN2O3Si. The van der Waals surface area contributed by atoms with Crippen molar-refractivity contribution in [3.63, 3.8) is 0 Å². The summed E-state index contributed by atoms with van der Waals surface area (Å²) in [5, 5.41) is 13.3. The fourth-order valence-corrected chi connectivity index (χ4v) is 11.2. The Morgan fingerprint density at radius 1 is 0.977 bits per heavy atom. The maximum atomic E-state index is 16.1. The van der Waals surface area contributed by atoms with Crippen LogP contribution in [0.15, 0.2) is 91.1 Å². The summed E-state index contributed by atoms with van der Waals surface area (Å²) in [7, 11) is -2.93. The van der Waals surface area contributed by atoms with Gasteiger partial charge < -0.3 is 19.2 Å². The number of hydrogen-bond acceptors (Lipinski definition) is 5. The third-order valence-corrected chi connectivity index (χ3v) is 13.5. The average molecular weight is 619 g/mol. The first kappa shape index (κ1) is 31.4. The fraction of sp³-hybridized carbons (Fsp3) is 0.343. The SMILES string of the molecule is CC1CN(c2c(CO[Si](c3ccccc3)(c3ccccc3)C(C)(C)C)cc(C(O)c3ccccn3)c(F)c2Cl)CC(C)O1. The fourth-order valence-electron chi connectivity index (χ4n) is 6.35. The van der Waals surface area contributed by atoms with Gasteiger partial charge in [0.15, 0.2) is 0 Å². The lowest BCUT2D eigenvalue weighted by atomic mass is 10.00. The van der Waals surface area contributed by atoms with Gasteiger partial charge in [0.25, 0.3) is 8.32 Å². The Morgan fingerprint density at radius 3 is 2.05 bits per heavy atom. The molecule has 1 fully saturated rings. The second-order valence-corrected chi connectivity index (χ2v) is 17.1.